The van der Waals surface area contributed by atoms with Crippen LogP contribution in [0.25, 0.3) is 6.08 Å². The fraction of sp³-hybridized carbons (Fsp3) is 0.208. The third-order valence-corrected chi connectivity index (χ3v) is 5.84. The average Bonchev–Trinajstić information content (AvgIpc) is 2.76. The zero-order valence-corrected chi connectivity index (χ0v) is 19.6. The first kappa shape index (κ1) is 23.5. The highest BCUT2D eigenvalue weighted by atomic mass is 35.5. The molecule has 0 saturated carbocycles. The number of methoxy groups -OCH3 is 1. The molecule has 0 atom stereocenters. The number of ether oxygens (including phenoxy) is 2. The van der Waals surface area contributed by atoms with Gasteiger partial charge in [0.2, 0.25) is 0 Å². The molecule has 32 heavy (non-hydrogen) atoms. The van der Waals surface area contributed by atoms with Crippen LogP contribution in [0, 0.1) is 13.8 Å². The summed E-state index contributed by atoms with van der Waals surface area (Å²) in [6.45, 7) is 7.90. The number of rotatable bonds is 7. The number of hydrogen-bond acceptors (Lipinski definition) is 5. The van der Waals surface area contributed by atoms with Crippen molar-refractivity contribution in [3.05, 3.63) is 75.8 Å². The Morgan fingerprint density at radius 1 is 1.19 bits per heavy atom. The second kappa shape index (κ2) is 9.97. The summed E-state index contributed by atoms with van der Waals surface area (Å²) in [6.07, 6.45) is 3.07. The quantitative estimate of drug-likeness (QED) is 0.282. The number of benzene rings is 2. The van der Waals surface area contributed by atoms with Gasteiger partial charge >= 0.3 is 0 Å². The highest BCUT2D eigenvalue weighted by Crippen LogP contribution is 2.28. The Morgan fingerprint density at radius 2 is 1.88 bits per heavy atom. The first-order valence-electron chi connectivity index (χ1n) is 9.81. The Bertz CT molecular complexity index is 1120. The molecule has 0 aromatic heterocycles. The minimum absolute atomic E-state index is 0.0126. The first-order valence-corrected chi connectivity index (χ1v) is 10.6. The van der Waals surface area contributed by atoms with Crippen molar-refractivity contribution in [1.82, 2.24) is 10.2 Å². The zero-order valence-electron chi connectivity index (χ0n) is 18.0. The molecule has 8 heteroatoms. The van der Waals surface area contributed by atoms with Crippen LogP contribution >= 0.6 is 23.8 Å². The lowest BCUT2D eigenvalue weighted by Gasteiger charge is -2.27. The van der Waals surface area contributed by atoms with Crippen LogP contribution in [0.5, 0.6) is 11.5 Å². The summed E-state index contributed by atoms with van der Waals surface area (Å²) in [7, 11) is 1.57. The third kappa shape index (κ3) is 5.00. The molecule has 2 aromatic rings. The monoisotopic (exact) mass is 470 g/mol. The summed E-state index contributed by atoms with van der Waals surface area (Å²) >= 11 is 11.3. The Labute approximate surface area is 197 Å². The van der Waals surface area contributed by atoms with E-state index in [0.29, 0.717) is 22.1 Å². The SMILES string of the molecule is C=CCN1C(=O)C(=Cc2ccc(OC)c(COc3cc(C)c(Cl)c(C)c3)c2)C(=O)NC1=S. The van der Waals surface area contributed by atoms with E-state index in [4.69, 9.17) is 33.3 Å². The van der Waals surface area contributed by atoms with E-state index in [9.17, 15) is 9.59 Å². The molecule has 2 aromatic carbocycles. The van der Waals surface area contributed by atoms with Crippen molar-refractivity contribution >= 4 is 46.8 Å². The van der Waals surface area contributed by atoms with E-state index < -0.39 is 11.8 Å². The summed E-state index contributed by atoms with van der Waals surface area (Å²) in [5.41, 5.74) is 3.25. The van der Waals surface area contributed by atoms with Gasteiger partial charge < -0.3 is 9.47 Å². The zero-order chi connectivity index (χ0) is 23.4. The normalized spacial score (nSPS) is 15.1. The van der Waals surface area contributed by atoms with Crippen LogP contribution in [0.2, 0.25) is 5.02 Å². The minimum atomic E-state index is -0.541. The van der Waals surface area contributed by atoms with E-state index >= 15 is 0 Å². The standard InChI is InChI=1S/C24H23ClN2O4S/c1-5-8-27-23(29)19(22(28)26-24(27)32)12-16-6-7-20(30-4)17(11-16)13-31-18-9-14(2)21(25)15(3)10-18/h5-7,9-12H,1,8,13H2,2-4H3,(H,26,28,32). The molecule has 1 N–H and O–H groups in total. The van der Waals surface area contributed by atoms with Crippen molar-refractivity contribution in [3.63, 3.8) is 0 Å². The summed E-state index contributed by atoms with van der Waals surface area (Å²) in [5.74, 6) is 0.300. The molecule has 3 rings (SSSR count). The van der Waals surface area contributed by atoms with Crippen molar-refractivity contribution in [3.8, 4) is 11.5 Å². The highest BCUT2D eigenvalue weighted by molar-refractivity contribution is 7.80. The lowest BCUT2D eigenvalue weighted by atomic mass is 10.0. The Hall–Kier alpha value is -3.16. The van der Waals surface area contributed by atoms with Crippen LogP contribution in [0.4, 0.5) is 0 Å². The van der Waals surface area contributed by atoms with Gasteiger partial charge in [0.25, 0.3) is 11.8 Å². The number of hydrogen-bond donors (Lipinski definition) is 1. The number of nitrogens with one attached hydrogen (secondary N) is 1. The topological polar surface area (TPSA) is 67.9 Å². The number of nitrogens with zero attached hydrogens (tertiary/aromatic N) is 1. The molecular weight excluding hydrogens is 448 g/mol. The molecule has 1 heterocycles. The third-order valence-electron chi connectivity index (χ3n) is 4.92. The second-order valence-corrected chi connectivity index (χ2v) is 8.02. The van der Waals surface area contributed by atoms with Crippen LogP contribution < -0.4 is 14.8 Å². The number of aryl methyl sites for hydroxylation is 2. The maximum absolute atomic E-state index is 12.8. The lowest BCUT2D eigenvalue weighted by molar-refractivity contribution is -0.128. The molecule has 6 nitrogen and oxygen atoms in total. The molecule has 1 aliphatic heterocycles. The number of halogens is 1. The summed E-state index contributed by atoms with van der Waals surface area (Å²) < 4.78 is 11.4. The average molecular weight is 471 g/mol. The molecule has 0 spiro atoms. The van der Waals surface area contributed by atoms with Gasteiger partial charge in [-0.15, -0.1) is 6.58 Å². The van der Waals surface area contributed by atoms with Gasteiger partial charge in [-0.05, 0) is 73.1 Å². The number of carbonyl (C=O) groups excluding carboxylic acids is 2. The molecule has 1 fully saturated rings. The molecule has 0 unspecified atom stereocenters. The number of thiocarbonyl (C=S) groups is 1. The largest absolute Gasteiger partial charge is 0.496 e. The molecular formula is C24H23ClN2O4S. The molecule has 0 aliphatic carbocycles. The van der Waals surface area contributed by atoms with Crippen LogP contribution in [0.1, 0.15) is 22.3 Å². The van der Waals surface area contributed by atoms with Crippen LogP contribution in [0.15, 0.2) is 48.6 Å². The van der Waals surface area contributed by atoms with Crippen molar-refractivity contribution in [2.24, 2.45) is 0 Å². The van der Waals surface area contributed by atoms with Crippen molar-refractivity contribution in [1.29, 1.82) is 0 Å². The maximum Gasteiger partial charge on any atom is 0.265 e. The van der Waals surface area contributed by atoms with Crippen molar-refractivity contribution < 1.29 is 19.1 Å². The van der Waals surface area contributed by atoms with Gasteiger partial charge in [0.1, 0.15) is 23.7 Å². The van der Waals surface area contributed by atoms with Crippen molar-refractivity contribution in [2.75, 3.05) is 13.7 Å². The van der Waals surface area contributed by atoms with E-state index in [-0.39, 0.29) is 23.8 Å². The fourth-order valence-electron chi connectivity index (χ4n) is 3.31. The van der Waals surface area contributed by atoms with Gasteiger partial charge in [-0.3, -0.25) is 19.8 Å². The van der Waals surface area contributed by atoms with E-state index in [2.05, 4.69) is 11.9 Å². The summed E-state index contributed by atoms with van der Waals surface area (Å²) in [6, 6.07) is 9.08. The van der Waals surface area contributed by atoms with Gasteiger partial charge in [-0.25, -0.2) is 0 Å². The Morgan fingerprint density at radius 3 is 2.50 bits per heavy atom. The van der Waals surface area contributed by atoms with Gasteiger partial charge in [-0.2, -0.15) is 0 Å². The molecule has 1 aliphatic rings. The summed E-state index contributed by atoms with van der Waals surface area (Å²) in [5, 5.41) is 3.31. The minimum Gasteiger partial charge on any atom is -0.496 e. The Balaban J connectivity index is 1.89. The van der Waals surface area contributed by atoms with Crippen LogP contribution in [0.3, 0.4) is 0 Å². The van der Waals surface area contributed by atoms with Crippen LogP contribution in [-0.4, -0.2) is 35.5 Å². The predicted octanol–water partition coefficient (Wildman–Crippen LogP) is 4.36. The van der Waals surface area contributed by atoms with E-state index in [1.54, 1.807) is 25.3 Å². The number of amides is 2. The van der Waals surface area contributed by atoms with Gasteiger partial charge in [0, 0.05) is 17.1 Å². The lowest BCUT2D eigenvalue weighted by Crippen LogP contribution is -2.53. The van der Waals surface area contributed by atoms with Gasteiger partial charge in [-0.1, -0.05) is 23.7 Å². The highest BCUT2D eigenvalue weighted by Gasteiger charge is 2.32. The molecule has 0 radical (unpaired) electrons. The van der Waals surface area contributed by atoms with Gasteiger partial charge in [0.15, 0.2) is 5.11 Å². The van der Waals surface area contributed by atoms with E-state index in [0.717, 1.165) is 16.7 Å². The molecule has 2 amide bonds. The predicted molar refractivity (Wildman–Crippen MR) is 129 cm³/mol. The smallest absolute Gasteiger partial charge is 0.265 e. The number of carbonyl (C=O) groups is 2. The summed E-state index contributed by atoms with van der Waals surface area (Å²) in [4.78, 5) is 26.4. The van der Waals surface area contributed by atoms with Crippen molar-refractivity contribution in [2.45, 2.75) is 20.5 Å². The molecule has 166 valence electrons. The van der Waals surface area contributed by atoms with Crippen LogP contribution in [-0.2, 0) is 16.2 Å². The maximum atomic E-state index is 12.8. The fourth-order valence-corrected chi connectivity index (χ4v) is 3.67. The van der Waals surface area contributed by atoms with E-state index in [1.807, 2.05) is 32.0 Å². The Kier molecular flexibility index (Phi) is 7.33. The second-order valence-electron chi connectivity index (χ2n) is 7.25. The van der Waals surface area contributed by atoms with Gasteiger partial charge in [0.05, 0.1) is 7.11 Å². The molecule has 0 bridgehead atoms. The van der Waals surface area contributed by atoms with E-state index in [1.165, 1.54) is 11.0 Å². The molecule has 1 saturated heterocycles. The first-order chi connectivity index (χ1) is 15.2.